The Hall–Kier alpha value is -1.56. The summed E-state index contributed by atoms with van der Waals surface area (Å²) in [5.41, 5.74) is 1.58. The number of carboxylic acids is 1. The number of hydrogen-bond acceptors (Lipinski definition) is 3. The zero-order chi connectivity index (χ0) is 13.1. The number of rotatable bonds is 4. The smallest absolute Gasteiger partial charge is 0.304 e. The van der Waals surface area contributed by atoms with Crippen molar-refractivity contribution in [3.63, 3.8) is 0 Å². The summed E-state index contributed by atoms with van der Waals surface area (Å²) in [6.45, 7) is 0.0342. The third kappa shape index (κ3) is 3.22. The van der Waals surface area contributed by atoms with E-state index in [0.29, 0.717) is 17.9 Å². The molecular weight excluding hydrogens is 302 g/mol. The lowest BCUT2D eigenvalue weighted by Gasteiger charge is -2.19. The van der Waals surface area contributed by atoms with Gasteiger partial charge in [0.25, 0.3) is 5.91 Å². The summed E-state index contributed by atoms with van der Waals surface area (Å²) in [6.07, 6.45) is 0.634. The number of ether oxygens (including phenoxy) is 1. The van der Waals surface area contributed by atoms with Crippen LogP contribution in [0.3, 0.4) is 0 Å². The minimum absolute atomic E-state index is 0.0342. The topological polar surface area (TPSA) is 75.6 Å². The normalized spacial score (nSPS) is 15.3. The number of amides is 1. The highest BCUT2D eigenvalue weighted by molar-refractivity contribution is 9.09. The Morgan fingerprint density at radius 2 is 2.33 bits per heavy atom. The second-order valence-electron chi connectivity index (χ2n) is 4.07. The van der Waals surface area contributed by atoms with Gasteiger partial charge in [-0.25, -0.2) is 0 Å². The number of nitrogens with one attached hydrogen (secondary N) is 1. The van der Waals surface area contributed by atoms with Gasteiger partial charge < -0.3 is 15.2 Å². The lowest BCUT2D eigenvalue weighted by atomic mass is 10.1. The third-order valence-corrected chi connectivity index (χ3v) is 3.18. The number of halogens is 1. The van der Waals surface area contributed by atoms with Crippen LogP contribution in [0.25, 0.3) is 0 Å². The van der Waals surface area contributed by atoms with Crippen LogP contribution >= 0.6 is 15.9 Å². The van der Waals surface area contributed by atoms with Crippen molar-refractivity contribution in [2.24, 2.45) is 0 Å². The molecule has 1 amide bonds. The number of fused-ring (bicyclic) bond motifs is 1. The van der Waals surface area contributed by atoms with Crippen molar-refractivity contribution in [3.05, 3.63) is 23.8 Å². The second-order valence-corrected chi connectivity index (χ2v) is 5.36. The third-order valence-electron chi connectivity index (χ3n) is 2.53. The minimum Gasteiger partial charge on any atom is -0.482 e. The molecule has 96 valence electrons. The SMILES string of the molecule is O=C(O)CC(Br)Cc1ccc2c(c1)NC(=O)CO2. The Balaban J connectivity index is 2.08. The van der Waals surface area contributed by atoms with E-state index in [1.807, 2.05) is 12.1 Å². The predicted octanol–water partition coefficient (Wildman–Crippen LogP) is 1.80. The van der Waals surface area contributed by atoms with Crippen LogP contribution in [0.4, 0.5) is 5.69 Å². The van der Waals surface area contributed by atoms with Gasteiger partial charge in [0.15, 0.2) is 6.61 Å². The summed E-state index contributed by atoms with van der Waals surface area (Å²) in [5, 5.41) is 11.4. The lowest BCUT2D eigenvalue weighted by molar-refractivity contribution is -0.136. The fraction of sp³-hybridized carbons (Fsp3) is 0.333. The molecule has 1 aromatic carbocycles. The quantitative estimate of drug-likeness (QED) is 0.831. The number of alkyl halides is 1. The van der Waals surface area contributed by atoms with Gasteiger partial charge in [0.05, 0.1) is 12.1 Å². The largest absolute Gasteiger partial charge is 0.482 e. The summed E-state index contributed by atoms with van der Waals surface area (Å²) in [6, 6.07) is 5.46. The highest BCUT2D eigenvalue weighted by atomic mass is 79.9. The number of carbonyl (C=O) groups excluding carboxylic acids is 1. The molecule has 1 atom stereocenters. The van der Waals surface area contributed by atoms with E-state index in [1.165, 1.54) is 0 Å². The summed E-state index contributed by atoms with van der Waals surface area (Å²) >= 11 is 3.32. The molecule has 0 fully saturated rings. The molecule has 0 radical (unpaired) electrons. The summed E-state index contributed by atoms with van der Waals surface area (Å²) < 4.78 is 5.24. The molecule has 1 aliphatic rings. The van der Waals surface area contributed by atoms with E-state index in [1.54, 1.807) is 6.07 Å². The molecule has 5 nitrogen and oxygen atoms in total. The second kappa shape index (κ2) is 5.39. The Kier molecular flexibility index (Phi) is 3.86. The maximum absolute atomic E-state index is 11.2. The first-order valence-electron chi connectivity index (χ1n) is 5.46. The predicted molar refractivity (Wildman–Crippen MR) is 69.2 cm³/mol. The van der Waals surface area contributed by atoms with Crippen LogP contribution in [0.5, 0.6) is 5.75 Å². The van der Waals surface area contributed by atoms with Crippen LogP contribution in [-0.4, -0.2) is 28.4 Å². The van der Waals surface area contributed by atoms with E-state index >= 15 is 0 Å². The average Bonchev–Trinajstić information content (AvgIpc) is 2.27. The summed E-state index contributed by atoms with van der Waals surface area (Å²) in [5.74, 6) is -0.380. The number of anilines is 1. The van der Waals surface area contributed by atoms with E-state index in [2.05, 4.69) is 21.2 Å². The van der Waals surface area contributed by atoms with Gasteiger partial charge in [0.2, 0.25) is 0 Å². The van der Waals surface area contributed by atoms with Gasteiger partial charge in [-0.2, -0.15) is 0 Å². The van der Waals surface area contributed by atoms with Crippen molar-refractivity contribution in [1.82, 2.24) is 0 Å². The van der Waals surface area contributed by atoms with Gasteiger partial charge in [-0.3, -0.25) is 9.59 Å². The van der Waals surface area contributed by atoms with Crippen molar-refractivity contribution < 1.29 is 19.4 Å². The van der Waals surface area contributed by atoms with Crippen LogP contribution < -0.4 is 10.1 Å². The first-order chi connectivity index (χ1) is 8.54. The summed E-state index contributed by atoms with van der Waals surface area (Å²) in [7, 11) is 0. The molecule has 0 saturated carbocycles. The molecule has 1 aliphatic heterocycles. The number of aliphatic carboxylic acids is 1. The number of hydrogen-bond donors (Lipinski definition) is 2. The molecule has 1 heterocycles. The van der Waals surface area contributed by atoms with Crippen molar-refractivity contribution in [2.75, 3.05) is 11.9 Å². The first-order valence-corrected chi connectivity index (χ1v) is 6.37. The van der Waals surface area contributed by atoms with E-state index < -0.39 is 5.97 Å². The molecule has 2 N–H and O–H groups in total. The molecule has 18 heavy (non-hydrogen) atoms. The van der Waals surface area contributed by atoms with Crippen LogP contribution in [0.2, 0.25) is 0 Å². The van der Waals surface area contributed by atoms with Crippen LogP contribution in [0.15, 0.2) is 18.2 Å². The van der Waals surface area contributed by atoms with Gasteiger partial charge in [-0.05, 0) is 24.1 Å². The van der Waals surface area contributed by atoms with Crippen LogP contribution in [0, 0.1) is 0 Å². The molecule has 6 heteroatoms. The maximum Gasteiger partial charge on any atom is 0.304 e. The molecule has 0 bridgehead atoms. The van der Waals surface area contributed by atoms with Crippen molar-refractivity contribution in [3.8, 4) is 5.75 Å². The number of carbonyl (C=O) groups is 2. The lowest BCUT2D eigenvalue weighted by Crippen LogP contribution is -2.25. The van der Waals surface area contributed by atoms with Gasteiger partial charge in [0, 0.05) is 4.83 Å². The van der Waals surface area contributed by atoms with E-state index in [9.17, 15) is 9.59 Å². The molecule has 2 rings (SSSR count). The standard InChI is InChI=1S/C12H12BrNO4/c13-8(5-12(16)17)3-7-1-2-10-9(4-7)14-11(15)6-18-10/h1-2,4,8H,3,5-6H2,(H,14,15)(H,16,17). The zero-order valence-electron chi connectivity index (χ0n) is 9.48. The first kappa shape index (κ1) is 12.9. The van der Waals surface area contributed by atoms with Gasteiger partial charge in [-0.1, -0.05) is 22.0 Å². The van der Waals surface area contributed by atoms with Crippen molar-refractivity contribution in [1.29, 1.82) is 0 Å². The molecule has 1 aromatic rings. The Labute approximate surface area is 112 Å². The number of benzene rings is 1. The highest BCUT2D eigenvalue weighted by Gasteiger charge is 2.17. The van der Waals surface area contributed by atoms with Crippen LogP contribution in [-0.2, 0) is 16.0 Å². The molecule has 0 aromatic heterocycles. The molecular formula is C12H12BrNO4. The fourth-order valence-corrected chi connectivity index (χ4v) is 2.43. The van der Waals surface area contributed by atoms with Crippen molar-refractivity contribution in [2.45, 2.75) is 17.7 Å². The van der Waals surface area contributed by atoms with E-state index in [-0.39, 0.29) is 23.8 Å². The average molecular weight is 314 g/mol. The summed E-state index contributed by atoms with van der Waals surface area (Å²) in [4.78, 5) is 21.6. The number of carboxylic acid groups (broad SMARTS) is 1. The zero-order valence-corrected chi connectivity index (χ0v) is 11.1. The Morgan fingerprint density at radius 1 is 1.56 bits per heavy atom. The maximum atomic E-state index is 11.2. The van der Waals surface area contributed by atoms with E-state index in [4.69, 9.17) is 9.84 Å². The Bertz CT molecular complexity index is 489. The highest BCUT2D eigenvalue weighted by Crippen LogP contribution is 2.29. The van der Waals surface area contributed by atoms with Gasteiger partial charge in [-0.15, -0.1) is 0 Å². The Morgan fingerprint density at radius 3 is 3.06 bits per heavy atom. The van der Waals surface area contributed by atoms with E-state index in [0.717, 1.165) is 5.56 Å². The van der Waals surface area contributed by atoms with Crippen LogP contribution in [0.1, 0.15) is 12.0 Å². The molecule has 1 unspecified atom stereocenters. The monoisotopic (exact) mass is 313 g/mol. The molecule has 0 saturated heterocycles. The van der Waals surface area contributed by atoms with Gasteiger partial charge >= 0.3 is 5.97 Å². The molecule has 0 aliphatic carbocycles. The van der Waals surface area contributed by atoms with Crippen molar-refractivity contribution >= 4 is 33.5 Å². The fourth-order valence-electron chi connectivity index (χ4n) is 1.77. The molecule has 0 spiro atoms. The minimum atomic E-state index is -0.841. The van der Waals surface area contributed by atoms with Gasteiger partial charge in [0.1, 0.15) is 5.75 Å².